The van der Waals surface area contributed by atoms with E-state index < -0.39 is 17.7 Å². The molecule has 0 aliphatic carbocycles. The van der Waals surface area contributed by atoms with Gasteiger partial charge in [-0.2, -0.15) is 5.26 Å². The van der Waals surface area contributed by atoms with E-state index in [9.17, 15) is 9.18 Å². The maximum atomic E-state index is 14.6. The Balaban J connectivity index is 1.62. The number of nitriles is 1. The van der Waals surface area contributed by atoms with Gasteiger partial charge in [0, 0.05) is 25.6 Å². The highest BCUT2D eigenvalue weighted by Crippen LogP contribution is 2.49. The number of benzene rings is 2. The quantitative estimate of drug-likeness (QED) is 0.842. The molecule has 2 aliphatic rings. The van der Waals surface area contributed by atoms with E-state index in [1.807, 2.05) is 18.2 Å². The zero-order valence-electron chi connectivity index (χ0n) is 15.3. The van der Waals surface area contributed by atoms with E-state index in [1.54, 1.807) is 13.0 Å². The highest BCUT2D eigenvalue weighted by Gasteiger charge is 2.43. The molecule has 0 aromatic heterocycles. The molecule has 2 aliphatic heterocycles. The lowest BCUT2D eigenvalue weighted by Gasteiger charge is -2.30. The summed E-state index contributed by atoms with van der Waals surface area (Å²) < 4.78 is 26.7. The first-order chi connectivity index (χ1) is 13.4. The number of para-hydroxylation sites is 1. The number of halogens is 1. The van der Waals surface area contributed by atoms with Crippen LogP contribution in [-0.4, -0.2) is 29.2 Å². The Morgan fingerprint density at radius 2 is 2.04 bits per heavy atom. The number of hydrogen-bond acceptors (Lipinski definition) is 4. The van der Waals surface area contributed by atoms with Gasteiger partial charge < -0.3 is 19.5 Å². The van der Waals surface area contributed by atoms with Gasteiger partial charge in [-0.3, -0.25) is 0 Å². The summed E-state index contributed by atoms with van der Waals surface area (Å²) in [6.07, 6.45) is 0.474. The molecule has 0 saturated carbocycles. The minimum Gasteiger partial charge on any atom is -0.465 e. The van der Waals surface area contributed by atoms with Gasteiger partial charge in [-0.05, 0) is 43.0 Å². The summed E-state index contributed by atoms with van der Waals surface area (Å²) >= 11 is 0. The first kappa shape index (κ1) is 18.1. The molecular formula is C21H19FN2O4. The number of carboxylic acid groups (broad SMARTS) is 1. The zero-order chi connectivity index (χ0) is 19.9. The Morgan fingerprint density at radius 1 is 1.29 bits per heavy atom. The van der Waals surface area contributed by atoms with Crippen molar-refractivity contribution < 1.29 is 23.8 Å². The van der Waals surface area contributed by atoms with Crippen molar-refractivity contribution in [2.24, 2.45) is 0 Å². The van der Waals surface area contributed by atoms with E-state index in [0.717, 1.165) is 5.56 Å². The predicted octanol–water partition coefficient (Wildman–Crippen LogP) is 4.20. The summed E-state index contributed by atoms with van der Waals surface area (Å²) in [6.45, 7) is 2.58. The van der Waals surface area contributed by atoms with Crippen LogP contribution in [-0.2, 0) is 5.79 Å². The molecule has 4 rings (SSSR count). The molecule has 1 unspecified atom stereocenters. The Morgan fingerprint density at radius 3 is 2.68 bits per heavy atom. The van der Waals surface area contributed by atoms with Crippen molar-refractivity contribution >= 4 is 6.09 Å². The maximum absolute atomic E-state index is 14.6. The first-order valence-electron chi connectivity index (χ1n) is 9.10. The number of ether oxygens (including phenoxy) is 2. The number of rotatable bonds is 2. The number of nitrogens with zero attached hydrogens (tertiary/aromatic N) is 2. The van der Waals surface area contributed by atoms with E-state index in [1.165, 1.54) is 23.1 Å². The summed E-state index contributed by atoms with van der Waals surface area (Å²) in [5.74, 6) is -0.655. The van der Waals surface area contributed by atoms with Crippen LogP contribution in [0.4, 0.5) is 9.18 Å². The van der Waals surface area contributed by atoms with Crippen LogP contribution in [0.25, 0.3) is 0 Å². The lowest BCUT2D eigenvalue weighted by molar-refractivity contribution is -0.0711. The molecule has 7 heteroatoms. The molecule has 1 atom stereocenters. The Hall–Kier alpha value is -3.27. The van der Waals surface area contributed by atoms with Gasteiger partial charge >= 0.3 is 6.09 Å². The average Bonchev–Trinajstić information content (AvgIpc) is 3.04. The molecule has 2 aromatic rings. The Labute approximate surface area is 161 Å². The standard InChI is InChI=1S/C21H19FN2O4/c1-21(16-6-5-13(12-23)11-17(16)22)27-18-4-2-3-15(19(18)28-21)14-7-9-24(10-8-14)20(25)26/h2-6,11,14H,7-10H2,1H3,(H,25,26). The molecule has 2 heterocycles. The van der Waals surface area contributed by atoms with Crippen molar-refractivity contribution in [2.75, 3.05) is 13.1 Å². The highest BCUT2D eigenvalue weighted by molar-refractivity contribution is 5.65. The average molecular weight is 382 g/mol. The monoisotopic (exact) mass is 382 g/mol. The lowest BCUT2D eigenvalue weighted by atomic mass is 9.89. The summed E-state index contributed by atoms with van der Waals surface area (Å²) in [5.41, 5.74) is 1.39. The second-order valence-corrected chi connectivity index (χ2v) is 7.17. The van der Waals surface area contributed by atoms with E-state index in [0.29, 0.717) is 37.4 Å². The van der Waals surface area contributed by atoms with E-state index in [2.05, 4.69) is 0 Å². The van der Waals surface area contributed by atoms with Gasteiger partial charge in [-0.1, -0.05) is 12.1 Å². The minimum atomic E-state index is -1.34. The van der Waals surface area contributed by atoms with Crippen LogP contribution < -0.4 is 9.47 Å². The summed E-state index contributed by atoms with van der Waals surface area (Å²) in [6, 6.07) is 11.7. The van der Waals surface area contributed by atoms with Crippen molar-refractivity contribution in [2.45, 2.75) is 31.5 Å². The fourth-order valence-corrected chi connectivity index (χ4v) is 3.91. The van der Waals surface area contributed by atoms with Crippen molar-refractivity contribution in [3.05, 3.63) is 58.9 Å². The molecule has 1 amide bonds. The van der Waals surface area contributed by atoms with Crippen LogP contribution >= 0.6 is 0 Å². The second kappa shape index (κ2) is 6.71. The molecule has 0 bridgehead atoms. The van der Waals surface area contributed by atoms with Crippen molar-refractivity contribution in [1.29, 1.82) is 5.26 Å². The fraction of sp³-hybridized carbons (Fsp3) is 0.333. The molecule has 1 fully saturated rings. The van der Waals surface area contributed by atoms with Crippen molar-refractivity contribution in [3.8, 4) is 17.6 Å². The lowest BCUT2D eigenvalue weighted by Crippen LogP contribution is -2.37. The number of amides is 1. The number of piperidine rings is 1. The SMILES string of the molecule is CC1(c2ccc(C#N)cc2F)Oc2cccc(C3CCN(C(=O)O)CC3)c2O1. The number of carbonyl (C=O) groups is 1. The van der Waals surface area contributed by atoms with Crippen LogP contribution in [0.2, 0.25) is 0 Å². The predicted molar refractivity (Wildman–Crippen MR) is 97.7 cm³/mol. The maximum Gasteiger partial charge on any atom is 0.407 e. The van der Waals surface area contributed by atoms with Crippen LogP contribution in [0.5, 0.6) is 11.5 Å². The fourth-order valence-electron chi connectivity index (χ4n) is 3.91. The van der Waals surface area contributed by atoms with Gasteiger partial charge in [0.25, 0.3) is 5.79 Å². The highest BCUT2D eigenvalue weighted by atomic mass is 19.1. The zero-order valence-corrected chi connectivity index (χ0v) is 15.3. The van der Waals surface area contributed by atoms with Gasteiger partial charge in [-0.15, -0.1) is 0 Å². The smallest absolute Gasteiger partial charge is 0.407 e. The van der Waals surface area contributed by atoms with Crippen LogP contribution in [0.3, 0.4) is 0 Å². The van der Waals surface area contributed by atoms with Gasteiger partial charge in [0.2, 0.25) is 0 Å². The number of likely N-dealkylation sites (tertiary alicyclic amines) is 1. The summed E-state index contributed by atoms with van der Waals surface area (Å²) in [4.78, 5) is 12.5. The second-order valence-electron chi connectivity index (χ2n) is 7.17. The van der Waals surface area contributed by atoms with Gasteiger partial charge in [0.15, 0.2) is 11.5 Å². The molecule has 144 valence electrons. The normalized spacial score (nSPS) is 21.4. The molecule has 1 saturated heterocycles. The van der Waals surface area contributed by atoms with E-state index >= 15 is 0 Å². The van der Waals surface area contributed by atoms with E-state index in [4.69, 9.17) is 19.8 Å². The summed E-state index contributed by atoms with van der Waals surface area (Å²) in [7, 11) is 0. The molecule has 0 radical (unpaired) electrons. The Kier molecular flexibility index (Phi) is 4.34. The molecule has 28 heavy (non-hydrogen) atoms. The number of hydrogen-bond donors (Lipinski definition) is 1. The van der Waals surface area contributed by atoms with Crippen molar-refractivity contribution in [1.82, 2.24) is 4.90 Å². The van der Waals surface area contributed by atoms with Gasteiger partial charge in [0.1, 0.15) is 5.82 Å². The molecule has 2 aromatic carbocycles. The minimum absolute atomic E-state index is 0.141. The molecular weight excluding hydrogens is 363 g/mol. The third-order valence-corrected chi connectivity index (χ3v) is 5.40. The van der Waals surface area contributed by atoms with Crippen LogP contribution in [0.15, 0.2) is 36.4 Å². The topological polar surface area (TPSA) is 82.8 Å². The van der Waals surface area contributed by atoms with Crippen LogP contribution in [0.1, 0.15) is 42.4 Å². The largest absolute Gasteiger partial charge is 0.465 e. The first-order valence-corrected chi connectivity index (χ1v) is 9.10. The molecule has 0 spiro atoms. The Bertz CT molecular complexity index is 979. The van der Waals surface area contributed by atoms with E-state index in [-0.39, 0.29) is 17.0 Å². The molecule has 6 nitrogen and oxygen atoms in total. The van der Waals surface area contributed by atoms with Gasteiger partial charge in [0.05, 0.1) is 17.2 Å². The van der Waals surface area contributed by atoms with Crippen LogP contribution in [0, 0.1) is 17.1 Å². The third-order valence-electron chi connectivity index (χ3n) is 5.40. The van der Waals surface area contributed by atoms with Crippen molar-refractivity contribution in [3.63, 3.8) is 0 Å². The number of fused-ring (bicyclic) bond motifs is 1. The van der Waals surface area contributed by atoms with Gasteiger partial charge in [-0.25, -0.2) is 9.18 Å². The molecule has 1 N–H and O–H groups in total. The summed E-state index contributed by atoms with van der Waals surface area (Å²) in [5, 5.41) is 18.1. The third kappa shape index (κ3) is 3.01.